The minimum atomic E-state index is -3.67. The quantitative estimate of drug-likeness (QED) is 0.198. The van der Waals surface area contributed by atoms with Gasteiger partial charge in [0.2, 0.25) is 0 Å². The molecule has 0 unspecified atom stereocenters. The Morgan fingerprint density at radius 1 is 0.906 bits per heavy atom. The molecule has 0 atom stereocenters. The lowest BCUT2D eigenvalue weighted by Crippen LogP contribution is -2.07. The highest BCUT2D eigenvalue weighted by molar-refractivity contribution is 9.10. The Bertz CT molecular complexity index is 1300. The monoisotopic (exact) mass is 512 g/mol. The van der Waals surface area contributed by atoms with Crippen molar-refractivity contribution in [3.8, 4) is 11.3 Å². The third kappa shape index (κ3) is 5.65. The topological polar surface area (TPSA) is 60.7 Å². The molecule has 2 heterocycles. The van der Waals surface area contributed by atoms with Crippen LogP contribution in [0.2, 0.25) is 0 Å². The molecule has 0 radical (unpaired) electrons. The van der Waals surface area contributed by atoms with E-state index in [-0.39, 0.29) is 11.5 Å². The van der Waals surface area contributed by atoms with Gasteiger partial charge in [0.05, 0.1) is 17.2 Å². The molecule has 0 saturated heterocycles. The highest BCUT2D eigenvalue weighted by Crippen LogP contribution is 2.22. The Labute approximate surface area is 197 Å². The van der Waals surface area contributed by atoms with Gasteiger partial charge in [0.15, 0.2) is 0 Å². The third-order valence-electron chi connectivity index (χ3n) is 5.32. The number of aromatic nitrogens is 2. The molecule has 32 heavy (non-hydrogen) atoms. The fourth-order valence-electron chi connectivity index (χ4n) is 3.50. The average molecular weight is 513 g/mol. The Kier molecular flexibility index (Phi) is 7.08. The van der Waals surface area contributed by atoms with Gasteiger partial charge in [0, 0.05) is 22.4 Å². The van der Waals surface area contributed by atoms with E-state index in [1.165, 1.54) is 5.56 Å². The molecule has 0 N–H and O–H groups in total. The summed E-state index contributed by atoms with van der Waals surface area (Å²) in [6, 6.07) is 19.1. The molecular weight excluding hydrogens is 488 g/mol. The molecule has 0 spiro atoms. The summed E-state index contributed by atoms with van der Waals surface area (Å²) in [6.07, 6.45) is 7.57. The number of nitrogens with zero attached hydrogens (tertiary/aromatic N) is 2. The lowest BCUT2D eigenvalue weighted by Gasteiger charge is -2.06. The van der Waals surface area contributed by atoms with E-state index in [0.717, 1.165) is 46.2 Å². The van der Waals surface area contributed by atoms with Crippen molar-refractivity contribution in [3.63, 3.8) is 0 Å². The van der Waals surface area contributed by atoms with Gasteiger partial charge in [0.25, 0.3) is 10.1 Å². The van der Waals surface area contributed by atoms with Crippen LogP contribution in [0, 0.1) is 6.92 Å². The van der Waals surface area contributed by atoms with Gasteiger partial charge in [0.1, 0.15) is 5.65 Å². The molecule has 0 aliphatic carbocycles. The summed E-state index contributed by atoms with van der Waals surface area (Å²) < 4.78 is 32.6. The molecule has 0 aliphatic heterocycles. The van der Waals surface area contributed by atoms with Gasteiger partial charge in [-0.2, -0.15) is 8.42 Å². The van der Waals surface area contributed by atoms with Crippen molar-refractivity contribution in [1.82, 2.24) is 9.38 Å². The summed E-state index contributed by atoms with van der Waals surface area (Å²) in [6.45, 7) is 2.13. The Morgan fingerprint density at radius 3 is 2.41 bits per heavy atom. The van der Waals surface area contributed by atoms with E-state index in [0.29, 0.717) is 6.42 Å². The summed E-state index contributed by atoms with van der Waals surface area (Å²) in [5, 5.41) is 0. The second-order valence-corrected chi connectivity index (χ2v) is 10.4. The van der Waals surface area contributed by atoms with Crippen molar-refractivity contribution >= 4 is 31.7 Å². The number of aryl methyl sites for hydroxylation is 2. The molecule has 166 valence electrons. The smallest absolute Gasteiger partial charge is 0.296 e. The summed E-state index contributed by atoms with van der Waals surface area (Å²) in [7, 11) is -3.67. The van der Waals surface area contributed by atoms with Crippen molar-refractivity contribution in [2.45, 2.75) is 37.5 Å². The maximum Gasteiger partial charge on any atom is 0.296 e. The van der Waals surface area contributed by atoms with Gasteiger partial charge < -0.3 is 4.40 Å². The van der Waals surface area contributed by atoms with Crippen molar-refractivity contribution in [3.05, 3.63) is 88.7 Å². The first-order valence-corrected chi connectivity index (χ1v) is 12.8. The summed E-state index contributed by atoms with van der Waals surface area (Å²) in [4.78, 5) is 4.88. The number of fused-ring (bicyclic) bond motifs is 1. The van der Waals surface area contributed by atoms with Crippen LogP contribution in [-0.2, 0) is 20.7 Å². The lowest BCUT2D eigenvalue weighted by atomic mass is 10.0. The lowest BCUT2D eigenvalue weighted by molar-refractivity contribution is 0.307. The normalized spacial score (nSPS) is 11.8. The highest BCUT2D eigenvalue weighted by Gasteiger charge is 2.14. The van der Waals surface area contributed by atoms with Crippen LogP contribution in [0.25, 0.3) is 16.9 Å². The van der Waals surface area contributed by atoms with E-state index in [4.69, 9.17) is 4.18 Å². The first kappa shape index (κ1) is 22.7. The molecule has 0 amide bonds. The average Bonchev–Trinajstić information content (AvgIpc) is 3.20. The Hall–Kier alpha value is -2.48. The van der Waals surface area contributed by atoms with Crippen LogP contribution in [0.3, 0.4) is 0 Å². The van der Waals surface area contributed by atoms with Gasteiger partial charge >= 0.3 is 0 Å². The SMILES string of the molecule is Cc1ccc(S(=O)(=O)OCCCCCc2ccc(-c3cn4cc(Br)ccc4n3)cc2)cc1. The number of pyridine rings is 1. The zero-order chi connectivity index (χ0) is 22.6. The maximum atomic E-state index is 12.2. The first-order chi connectivity index (χ1) is 15.4. The second-order valence-electron chi connectivity index (χ2n) is 7.84. The van der Waals surface area contributed by atoms with Crippen LogP contribution < -0.4 is 0 Å². The van der Waals surface area contributed by atoms with Gasteiger partial charge in [-0.15, -0.1) is 0 Å². The van der Waals surface area contributed by atoms with Crippen LogP contribution in [0.5, 0.6) is 0 Å². The van der Waals surface area contributed by atoms with Crippen molar-refractivity contribution in [1.29, 1.82) is 0 Å². The summed E-state index contributed by atoms with van der Waals surface area (Å²) in [5.41, 5.74) is 5.22. The van der Waals surface area contributed by atoms with E-state index in [9.17, 15) is 8.42 Å². The molecule has 4 aromatic rings. The summed E-state index contributed by atoms with van der Waals surface area (Å²) >= 11 is 3.48. The first-order valence-electron chi connectivity index (χ1n) is 10.6. The molecular formula is C25H25BrN2O3S. The third-order valence-corrected chi connectivity index (χ3v) is 7.12. The molecule has 5 nitrogen and oxygen atoms in total. The van der Waals surface area contributed by atoms with Crippen LogP contribution in [0.15, 0.2) is 82.4 Å². The molecule has 2 aromatic heterocycles. The van der Waals surface area contributed by atoms with Gasteiger partial charge in [-0.05, 0) is 71.9 Å². The fraction of sp³-hybridized carbons (Fsp3) is 0.240. The molecule has 2 aromatic carbocycles. The van der Waals surface area contributed by atoms with E-state index in [1.54, 1.807) is 24.3 Å². The standard InChI is InChI=1S/C25H25BrN2O3S/c1-19-6-13-23(14-7-19)32(29,30)31-16-4-2-3-5-20-8-10-21(11-9-20)24-18-28-17-22(26)12-15-25(28)27-24/h6-15,17-18H,2-5,16H2,1H3. The maximum absolute atomic E-state index is 12.2. The largest absolute Gasteiger partial charge is 0.305 e. The molecule has 7 heteroatoms. The van der Waals surface area contributed by atoms with Crippen molar-refractivity contribution in [2.75, 3.05) is 6.61 Å². The molecule has 0 fully saturated rings. The van der Waals surface area contributed by atoms with Gasteiger partial charge in [-0.3, -0.25) is 4.18 Å². The zero-order valence-electron chi connectivity index (χ0n) is 17.9. The minimum absolute atomic E-state index is 0.207. The number of benzene rings is 2. The molecule has 0 aliphatic rings. The van der Waals surface area contributed by atoms with Crippen molar-refractivity contribution < 1.29 is 12.6 Å². The molecule has 0 saturated carbocycles. The molecule has 4 rings (SSSR count). The van der Waals surface area contributed by atoms with Gasteiger partial charge in [-0.1, -0.05) is 48.4 Å². The predicted molar refractivity (Wildman–Crippen MR) is 130 cm³/mol. The van der Waals surface area contributed by atoms with Crippen molar-refractivity contribution in [2.24, 2.45) is 0 Å². The number of hydrogen-bond donors (Lipinski definition) is 0. The number of unbranched alkanes of at least 4 members (excludes halogenated alkanes) is 2. The Morgan fingerprint density at radius 2 is 1.66 bits per heavy atom. The molecule has 0 bridgehead atoms. The summed E-state index contributed by atoms with van der Waals surface area (Å²) in [5.74, 6) is 0. The highest BCUT2D eigenvalue weighted by atomic mass is 79.9. The Balaban J connectivity index is 1.23. The van der Waals surface area contributed by atoms with Crippen LogP contribution in [0.4, 0.5) is 0 Å². The number of halogens is 1. The van der Waals surface area contributed by atoms with Crippen LogP contribution >= 0.6 is 15.9 Å². The van der Waals surface area contributed by atoms with Crippen LogP contribution in [-0.4, -0.2) is 24.4 Å². The fourth-order valence-corrected chi connectivity index (χ4v) is 4.79. The second kappa shape index (κ2) is 9.98. The number of hydrogen-bond acceptors (Lipinski definition) is 4. The van der Waals surface area contributed by atoms with Gasteiger partial charge in [-0.25, -0.2) is 4.98 Å². The van der Waals surface area contributed by atoms with E-state index >= 15 is 0 Å². The number of rotatable bonds is 9. The zero-order valence-corrected chi connectivity index (χ0v) is 20.3. The van der Waals surface area contributed by atoms with E-state index in [2.05, 4.69) is 45.2 Å². The number of imidazole rings is 1. The van der Waals surface area contributed by atoms with Crippen LogP contribution in [0.1, 0.15) is 30.4 Å². The predicted octanol–water partition coefficient (Wildman–Crippen LogP) is 6.19. The minimum Gasteiger partial charge on any atom is -0.305 e. The van der Waals surface area contributed by atoms with E-state index in [1.807, 2.05) is 35.9 Å². The van der Waals surface area contributed by atoms with E-state index < -0.39 is 10.1 Å².